The molecular weight excluding hydrogens is 247 g/mol. The van der Waals surface area contributed by atoms with E-state index < -0.39 is 6.10 Å². The topological polar surface area (TPSA) is 43.8 Å². The van der Waals surface area contributed by atoms with Gasteiger partial charge in [-0.2, -0.15) is 0 Å². The molecule has 1 aromatic rings. The number of aliphatic hydroxyl groups is 1. The number of β-amino-alcohol motifs (C(OH)–C–C–N with tert-alkyl or cyclic N) is 1. The molecule has 4 nitrogen and oxygen atoms in total. The van der Waals surface area contributed by atoms with Crippen LogP contribution in [0.15, 0.2) is 24.3 Å². The molecule has 0 spiro atoms. The number of likely N-dealkylation sites (tertiary alicyclic amines) is 1. The van der Waals surface area contributed by atoms with E-state index in [1.807, 2.05) is 14.1 Å². The van der Waals surface area contributed by atoms with Crippen molar-refractivity contribution < 1.29 is 14.3 Å². The third-order valence-electron chi connectivity index (χ3n) is 3.31. The highest BCUT2D eigenvalue weighted by molar-refractivity contribution is 5.79. The molecule has 1 fully saturated rings. The lowest BCUT2D eigenvalue weighted by Gasteiger charge is -2.26. The number of halogens is 1. The minimum Gasteiger partial charge on any atom is -0.391 e. The molecule has 1 N–H and O–H groups in total. The molecule has 104 valence electrons. The zero-order valence-electron chi connectivity index (χ0n) is 11.2. The first-order valence-electron chi connectivity index (χ1n) is 6.35. The molecule has 0 bridgehead atoms. The van der Waals surface area contributed by atoms with Gasteiger partial charge in [-0.15, -0.1) is 0 Å². The van der Waals surface area contributed by atoms with E-state index in [-0.39, 0.29) is 17.8 Å². The zero-order chi connectivity index (χ0) is 14.0. The number of aliphatic hydroxyl groups excluding tert-OH is 1. The van der Waals surface area contributed by atoms with Gasteiger partial charge in [0.25, 0.3) is 0 Å². The van der Waals surface area contributed by atoms with Gasteiger partial charge in [-0.25, -0.2) is 4.39 Å². The summed E-state index contributed by atoms with van der Waals surface area (Å²) in [5, 5.41) is 9.79. The lowest BCUT2D eigenvalue weighted by Crippen LogP contribution is -2.38. The summed E-state index contributed by atoms with van der Waals surface area (Å²) in [5.41, 5.74) is 0.866. The summed E-state index contributed by atoms with van der Waals surface area (Å²) in [6.45, 7) is 0.652. The van der Waals surface area contributed by atoms with E-state index in [0.29, 0.717) is 19.5 Å². The molecule has 0 aliphatic carbocycles. The molecule has 1 saturated heterocycles. The SMILES string of the molecule is CN(C)CC(=O)N1CC(O)CC1c1ccc(F)cc1. The lowest BCUT2D eigenvalue weighted by atomic mass is 10.0. The molecule has 2 atom stereocenters. The van der Waals surface area contributed by atoms with Crippen molar-refractivity contribution in [3.8, 4) is 0 Å². The summed E-state index contributed by atoms with van der Waals surface area (Å²) in [4.78, 5) is 15.6. The predicted molar refractivity (Wildman–Crippen MR) is 70.0 cm³/mol. The van der Waals surface area contributed by atoms with Crippen LogP contribution in [0.5, 0.6) is 0 Å². The fourth-order valence-corrected chi connectivity index (χ4v) is 2.45. The molecular formula is C14H19FN2O2. The Morgan fingerprint density at radius 2 is 2.05 bits per heavy atom. The van der Waals surface area contributed by atoms with E-state index >= 15 is 0 Å². The van der Waals surface area contributed by atoms with Crippen molar-refractivity contribution >= 4 is 5.91 Å². The monoisotopic (exact) mass is 266 g/mol. The van der Waals surface area contributed by atoms with Gasteiger partial charge in [-0.3, -0.25) is 4.79 Å². The van der Waals surface area contributed by atoms with Gasteiger partial charge in [0.15, 0.2) is 0 Å². The van der Waals surface area contributed by atoms with Crippen molar-refractivity contribution in [2.45, 2.75) is 18.6 Å². The molecule has 1 heterocycles. The fourth-order valence-electron chi connectivity index (χ4n) is 2.45. The van der Waals surface area contributed by atoms with Gasteiger partial charge >= 0.3 is 0 Å². The highest BCUT2D eigenvalue weighted by Crippen LogP contribution is 2.32. The van der Waals surface area contributed by atoms with E-state index in [1.54, 1.807) is 21.9 Å². The minimum absolute atomic E-state index is 0.0177. The molecule has 19 heavy (non-hydrogen) atoms. The van der Waals surface area contributed by atoms with Crippen molar-refractivity contribution in [1.82, 2.24) is 9.80 Å². The molecule has 0 radical (unpaired) electrons. The molecule has 1 aliphatic rings. The number of hydrogen-bond acceptors (Lipinski definition) is 3. The van der Waals surface area contributed by atoms with Crippen LogP contribution in [0.1, 0.15) is 18.0 Å². The van der Waals surface area contributed by atoms with Gasteiger partial charge in [0, 0.05) is 6.54 Å². The first kappa shape index (κ1) is 14.0. The lowest BCUT2D eigenvalue weighted by molar-refractivity contribution is -0.133. The van der Waals surface area contributed by atoms with Gasteiger partial charge < -0.3 is 14.9 Å². The van der Waals surface area contributed by atoms with Crippen LogP contribution in [0.25, 0.3) is 0 Å². The Morgan fingerprint density at radius 1 is 1.42 bits per heavy atom. The maximum Gasteiger partial charge on any atom is 0.237 e. The van der Waals surface area contributed by atoms with Crippen LogP contribution in [0.2, 0.25) is 0 Å². The van der Waals surface area contributed by atoms with Crippen molar-refractivity contribution in [3.63, 3.8) is 0 Å². The fraction of sp³-hybridized carbons (Fsp3) is 0.500. The summed E-state index contributed by atoms with van der Waals surface area (Å²) < 4.78 is 12.9. The largest absolute Gasteiger partial charge is 0.391 e. The molecule has 0 aromatic heterocycles. The highest BCUT2D eigenvalue weighted by Gasteiger charge is 2.35. The Hall–Kier alpha value is -1.46. The maximum atomic E-state index is 12.9. The second-order valence-electron chi connectivity index (χ2n) is 5.24. The van der Waals surface area contributed by atoms with E-state index in [9.17, 15) is 14.3 Å². The normalized spacial score (nSPS) is 23.1. The first-order valence-corrected chi connectivity index (χ1v) is 6.35. The number of rotatable bonds is 3. The molecule has 5 heteroatoms. The standard InChI is InChI=1S/C14H19FN2O2/c1-16(2)9-14(19)17-8-12(18)7-13(17)10-3-5-11(15)6-4-10/h3-6,12-13,18H,7-9H2,1-2H3. The van der Waals surface area contributed by atoms with Gasteiger partial charge in [0.05, 0.1) is 18.7 Å². The van der Waals surface area contributed by atoms with Gasteiger partial charge in [-0.1, -0.05) is 12.1 Å². The first-order chi connectivity index (χ1) is 8.97. The maximum absolute atomic E-state index is 12.9. The molecule has 2 unspecified atom stereocenters. The zero-order valence-corrected chi connectivity index (χ0v) is 11.2. The third-order valence-corrected chi connectivity index (χ3v) is 3.31. The van der Waals surface area contributed by atoms with E-state index in [4.69, 9.17) is 0 Å². The number of carbonyl (C=O) groups is 1. The van der Waals surface area contributed by atoms with Crippen LogP contribution in [-0.4, -0.2) is 54.1 Å². The summed E-state index contributed by atoms with van der Waals surface area (Å²) >= 11 is 0. The van der Waals surface area contributed by atoms with Crippen molar-refractivity contribution in [1.29, 1.82) is 0 Å². The van der Waals surface area contributed by atoms with Crippen LogP contribution in [0.4, 0.5) is 4.39 Å². The molecule has 2 rings (SSSR count). The van der Waals surface area contributed by atoms with Crippen LogP contribution in [0, 0.1) is 5.82 Å². The van der Waals surface area contributed by atoms with E-state index in [1.165, 1.54) is 12.1 Å². The number of likely N-dealkylation sites (N-methyl/N-ethyl adjacent to an activating group) is 1. The second kappa shape index (κ2) is 5.67. The number of nitrogens with zero attached hydrogens (tertiary/aromatic N) is 2. The summed E-state index contributed by atoms with van der Waals surface area (Å²) in [5.74, 6) is -0.315. The van der Waals surface area contributed by atoms with Crippen LogP contribution in [0.3, 0.4) is 0 Å². The van der Waals surface area contributed by atoms with E-state index in [0.717, 1.165) is 5.56 Å². The smallest absolute Gasteiger partial charge is 0.237 e. The summed E-state index contributed by atoms with van der Waals surface area (Å²) in [6.07, 6.45) is -0.00805. The van der Waals surface area contributed by atoms with Crippen molar-refractivity contribution in [2.75, 3.05) is 27.2 Å². The summed E-state index contributed by atoms with van der Waals surface area (Å²) in [7, 11) is 3.66. The number of amides is 1. The Labute approximate surface area is 112 Å². The molecule has 1 aliphatic heterocycles. The van der Waals surface area contributed by atoms with Crippen LogP contribution >= 0.6 is 0 Å². The number of carbonyl (C=O) groups excluding carboxylic acids is 1. The Bertz CT molecular complexity index is 447. The highest BCUT2D eigenvalue weighted by atomic mass is 19.1. The average Bonchev–Trinajstić information content (AvgIpc) is 2.71. The Balaban J connectivity index is 2.17. The van der Waals surface area contributed by atoms with E-state index in [2.05, 4.69) is 0 Å². The third kappa shape index (κ3) is 3.30. The Morgan fingerprint density at radius 3 is 2.63 bits per heavy atom. The minimum atomic E-state index is -0.513. The van der Waals surface area contributed by atoms with Crippen LogP contribution < -0.4 is 0 Å². The number of hydrogen-bond donors (Lipinski definition) is 1. The Kier molecular flexibility index (Phi) is 4.17. The van der Waals surface area contributed by atoms with Crippen LogP contribution in [-0.2, 0) is 4.79 Å². The van der Waals surface area contributed by atoms with Gasteiger partial charge in [0.1, 0.15) is 5.82 Å². The second-order valence-corrected chi connectivity index (χ2v) is 5.24. The predicted octanol–water partition coefficient (Wildman–Crippen LogP) is 1.02. The van der Waals surface area contributed by atoms with Crippen molar-refractivity contribution in [3.05, 3.63) is 35.6 Å². The quantitative estimate of drug-likeness (QED) is 0.888. The average molecular weight is 266 g/mol. The summed E-state index contributed by atoms with van der Waals surface area (Å²) in [6, 6.07) is 5.95. The molecule has 1 amide bonds. The van der Waals surface area contributed by atoms with Crippen molar-refractivity contribution in [2.24, 2.45) is 0 Å². The molecule has 1 aromatic carbocycles. The van der Waals surface area contributed by atoms with Gasteiger partial charge in [-0.05, 0) is 38.2 Å². The number of benzene rings is 1. The van der Waals surface area contributed by atoms with Gasteiger partial charge in [0.2, 0.25) is 5.91 Å². The molecule has 0 saturated carbocycles.